The maximum absolute atomic E-state index is 10.6. The fraction of sp³-hybridized carbons (Fsp3) is 0.900. The molecule has 2 fully saturated rings. The van der Waals surface area contributed by atoms with Gasteiger partial charge in [-0.2, -0.15) is 0 Å². The number of carboxylic acid groups (broad SMARTS) is 1. The number of nitrogens with zero attached hydrogens (tertiary/aromatic N) is 1. The molecule has 86 valence electrons. The Bertz CT molecular complexity index is 259. The summed E-state index contributed by atoms with van der Waals surface area (Å²) in [6.45, 7) is 2.28. The van der Waals surface area contributed by atoms with E-state index >= 15 is 0 Å². The molecule has 2 unspecified atom stereocenters. The van der Waals surface area contributed by atoms with Crippen LogP contribution in [0.4, 0.5) is 4.79 Å². The number of amides is 1. The van der Waals surface area contributed by atoms with Gasteiger partial charge in [0.2, 0.25) is 0 Å². The van der Waals surface area contributed by atoms with Crippen molar-refractivity contribution in [3.05, 3.63) is 0 Å². The number of hydrogen-bond acceptors (Lipinski definition) is 3. The van der Waals surface area contributed by atoms with E-state index in [4.69, 9.17) is 10.8 Å². The summed E-state index contributed by atoms with van der Waals surface area (Å²) >= 11 is 0. The molecule has 0 aromatic rings. The van der Waals surface area contributed by atoms with Crippen molar-refractivity contribution in [3.63, 3.8) is 0 Å². The van der Waals surface area contributed by atoms with Crippen LogP contribution in [0.5, 0.6) is 0 Å². The molecule has 1 aliphatic heterocycles. The monoisotopic (exact) mass is 213 g/mol. The van der Waals surface area contributed by atoms with Gasteiger partial charge in [-0.3, -0.25) is 5.43 Å². The molecule has 0 spiro atoms. The van der Waals surface area contributed by atoms with Gasteiger partial charge in [0, 0.05) is 18.5 Å². The minimum atomic E-state index is -0.971. The van der Waals surface area contributed by atoms with E-state index < -0.39 is 6.09 Å². The second-order valence-electron chi connectivity index (χ2n) is 4.81. The Hall–Kier alpha value is -0.810. The Morgan fingerprint density at radius 2 is 2.40 bits per heavy atom. The molecule has 1 aliphatic carbocycles. The average molecular weight is 213 g/mol. The van der Waals surface area contributed by atoms with E-state index in [9.17, 15) is 4.79 Å². The Labute approximate surface area is 89.6 Å². The predicted molar refractivity (Wildman–Crippen MR) is 56.2 cm³/mol. The molecule has 0 bridgehead atoms. The molecule has 1 heterocycles. The number of nitrogens with one attached hydrogen (secondary N) is 1. The largest absolute Gasteiger partial charge is 0.464 e. The molecule has 2 aliphatic rings. The van der Waals surface area contributed by atoms with Gasteiger partial charge < -0.3 is 10.8 Å². The zero-order valence-corrected chi connectivity index (χ0v) is 8.91. The Kier molecular flexibility index (Phi) is 2.84. The number of fused-ring (bicyclic) bond motifs is 1. The second kappa shape index (κ2) is 3.98. The van der Waals surface area contributed by atoms with E-state index in [-0.39, 0.29) is 5.41 Å². The zero-order valence-electron chi connectivity index (χ0n) is 8.91. The minimum Gasteiger partial charge on any atom is -0.464 e. The van der Waals surface area contributed by atoms with Crippen molar-refractivity contribution in [1.82, 2.24) is 10.4 Å². The van der Waals surface area contributed by atoms with Gasteiger partial charge in [0.05, 0.1) is 0 Å². The van der Waals surface area contributed by atoms with Crippen molar-refractivity contribution in [2.75, 3.05) is 19.6 Å². The molecule has 15 heavy (non-hydrogen) atoms. The lowest BCUT2D eigenvalue weighted by Crippen LogP contribution is -2.43. The highest BCUT2D eigenvalue weighted by molar-refractivity contribution is 5.63. The summed E-state index contributed by atoms with van der Waals surface area (Å²) in [6.07, 6.45) is 3.85. The molecule has 0 aromatic carbocycles. The summed E-state index contributed by atoms with van der Waals surface area (Å²) in [4.78, 5) is 10.6. The Morgan fingerprint density at radius 3 is 3.00 bits per heavy atom. The quantitative estimate of drug-likeness (QED) is 0.628. The van der Waals surface area contributed by atoms with Crippen molar-refractivity contribution in [1.29, 1.82) is 0 Å². The molecule has 1 saturated carbocycles. The van der Waals surface area contributed by atoms with Gasteiger partial charge in [-0.15, -0.1) is 0 Å². The van der Waals surface area contributed by atoms with Crippen LogP contribution in [0.15, 0.2) is 0 Å². The number of rotatable bonds is 2. The van der Waals surface area contributed by atoms with Gasteiger partial charge in [-0.1, -0.05) is 12.8 Å². The van der Waals surface area contributed by atoms with Gasteiger partial charge in [-0.25, -0.2) is 9.80 Å². The molecular formula is C10H19N3O2. The van der Waals surface area contributed by atoms with E-state index in [1.54, 1.807) is 0 Å². The summed E-state index contributed by atoms with van der Waals surface area (Å²) in [5, 5.41) is 10.5. The summed E-state index contributed by atoms with van der Waals surface area (Å²) in [5.41, 5.74) is 8.49. The van der Waals surface area contributed by atoms with E-state index in [2.05, 4.69) is 5.43 Å². The normalized spacial score (nSPS) is 36.2. The molecule has 5 nitrogen and oxygen atoms in total. The molecule has 1 amide bonds. The summed E-state index contributed by atoms with van der Waals surface area (Å²) in [5.74, 6) is 0.572. The standard InChI is InChI=1S/C10H19N3O2/c11-6-10-4-2-1-3-8(10)5-13(7-10)12-9(14)15/h8,12H,1-7,11H2,(H,14,15). The van der Waals surface area contributed by atoms with Gasteiger partial charge in [0.25, 0.3) is 0 Å². The van der Waals surface area contributed by atoms with E-state index in [0.29, 0.717) is 12.5 Å². The molecule has 0 aromatic heterocycles. The van der Waals surface area contributed by atoms with Crippen molar-refractivity contribution >= 4 is 6.09 Å². The maximum Gasteiger partial charge on any atom is 0.419 e. The van der Waals surface area contributed by atoms with Crippen molar-refractivity contribution < 1.29 is 9.90 Å². The molecule has 2 rings (SSSR count). The van der Waals surface area contributed by atoms with Crippen LogP contribution < -0.4 is 11.2 Å². The van der Waals surface area contributed by atoms with E-state index in [1.807, 2.05) is 5.01 Å². The first-order valence-electron chi connectivity index (χ1n) is 5.61. The number of hydrogen-bond donors (Lipinski definition) is 3. The first-order chi connectivity index (χ1) is 7.16. The van der Waals surface area contributed by atoms with Crippen LogP contribution in [0.2, 0.25) is 0 Å². The third-order valence-electron chi connectivity index (χ3n) is 3.95. The molecular weight excluding hydrogens is 194 g/mol. The highest BCUT2D eigenvalue weighted by Crippen LogP contribution is 2.45. The smallest absolute Gasteiger partial charge is 0.419 e. The number of carbonyl (C=O) groups is 1. The lowest BCUT2D eigenvalue weighted by atomic mass is 9.68. The second-order valence-corrected chi connectivity index (χ2v) is 4.81. The van der Waals surface area contributed by atoms with Gasteiger partial charge in [-0.05, 0) is 25.3 Å². The third-order valence-corrected chi connectivity index (χ3v) is 3.95. The summed E-state index contributed by atoms with van der Waals surface area (Å²) in [7, 11) is 0. The molecule has 0 radical (unpaired) electrons. The van der Waals surface area contributed by atoms with Crippen LogP contribution in [0.1, 0.15) is 25.7 Å². The van der Waals surface area contributed by atoms with Gasteiger partial charge in [0.1, 0.15) is 0 Å². The predicted octanol–water partition coefficient (Wildman–Crippen LogP) is 0.620. The SMILES string of the molecule is NCC12CCCCC1CN(NC(=O)O)C2. The van der Waals surface area contributed by atoms with Gasteiger partial charge >= 0.3 is 6.09 Å². The topological polar surface area (TPSA) is 78.6 Å². The molecule has 4 N–H and O–H groups in total. The van der Waals surface area contributed by atoms with Crippen LogP contribution in [0, 0.1) is 11.3 Å². The van der Waals surface area contributed by atoms with Gasteiger partial charge in [0.15, 0.2) is 0 Å². The summed E-state index contributed by atoms with van der Waals surface area (Å²) < 4.78 is 0. The first-order valence-corrected chi connectivity index (χ1v) is 5.61. The number of hydrazine groups is 1. The van der Waals surface area contributed by atoms with Crippen LogP contribution in [0.3, 0.4) is 0 Å². The molecule has 2 atom stereocenters. The van der Waals surface area contributed by atoms with E-state index in [0.717, 1.165) is 19.5 Å². The van der Waals surface area contributed by atoms with Crippen molar-refractivity contribution in [3.8, 4) is 0 Å². The lowest BCUT2D eigenvalue weighted by molar-refractivity contribution is 0.136. The number of nitrogens with two attached hydrogens (primary N) is 1. The van der Waals surface area contributed by atoms with Crippen LogP contribution in [-0.2, 0) is 0 Å². The average Bonchev–Trinajstić information content (AvgIpc) is 2.55. The minimum absolute atomic E-state index is 0.167. The zero-order chi connectivity index (χ0) is 10.9. The fourth-order valence-corrected chi connectivity index (χ4v) is 3.14. The Morgan fingerprint density at radius 1 is 1.60 bits per heavy atom. The van der Waals surface area contributed by atoms with Crippen LogP contribution in [-0.4, -0.2) is 35.8 Å². The van der Waals surface area contributed by atoms with Crippen molar-refractivity contribution in [2.24, 2.45) is 17.1 Å². The fourth-order valence-electron chi connectivity index (χ4n) is 3.14. The van der Waals surface area contributed by atoms with Crippen molar-refractivity contribution in [2.45, 2.75) is 25.7 Å². The van der Waals surface area contributed by atoms with Crippen LogP contribution in [0.25, 0.3) is 0 Å². The van der Waals surface area contributed by atoms with Crippen LogP contribution >= 0.6 is 0 Å². The first kappa shape index (κ1) is 10.7. The maximum atomic E-state index is 10.6. The lowest BCUT2D eigenvalue weighted by Gasteiger charge is -2.37. The third kappa shape index (κ3) is 1.94. The van der Waals surface area contributed by atoms with E-state index in [1.165, 1.54) is 19.3 Å². The molecule has 1 saturated heterocycles. The summed E-state index contributed by atoms with van der Waals surface area (Å²) in [6, 6.07) is 0. The molecule has 5 heteroatoms. The highest BCUT2D eigenvalue weighted by atomic mass is 16.4. The highest BCUT2D eigenvalue weighted by Gasteiger charge is 2.46. The Balaban J connectivity index is 2.04.